The maximum absolute atomic E-state index is 14.4. The molecular formula is C24H23FN6O. The summed E-state index contributed by atoms with van der Waals surface area (Å²) in [5.74, 6) is 0.674. The van der Waals surface area contributed by atoms with E-state index in [2.05, 4.69) is 20.4 Å². The standard InChI is InChI=1S/C24H23FN6O/c25-20-12-5-4-11-19(20)23-28-27-21-13-14-22(29-31(21)23)30-15-7-6-10-18(30)16-26-24(32)17-8-2-1-3-9-17/h1-5,8-9,11-14,18H,6-7,10,15-16H2,(H,26,32). The predicted molar refractivity (Wildman–Crippen MR) is 120 cm³/mol. The minimum Gasteiger partial charge on any atom is -0.350 e. The molecule has 32 heavy (non-hydrogen) atoms. The van der Waals surface area contributed by atoms with Gasteiger partial charge in [0, 0.05) is 24.7 Å². The van der Waals surface area contributed by atoms with Crippen LogP contribution in [0.2, 0.25) is 0 Å². The van der Waals surface area contributed by atoms with Crippen molar-refractivity contribution < 1.29 is 9.18 Å². The number of aromatic nitrogens is 4. The summed E-state index contributed by atoms with van der Waals surface area (Å²) in [5, 5.41) is 16.1. The fourth-order valence-corrected chi connectivity index (χ4v) is 4.16. The second-order valence-corrected chi connectivity index (χ2v) is 7.88. The normalized spacial score (nSPS) is 16.3. The van der Waals surface area contributed by atoms with Crippen molar-refractivity contribution >= 4 is 17.4 Å². The van der Waals surface area contributed by atoms with Gasteiger partial charge >= 0.3 is 0 Å². The number of nitrogens with one attached hydrogen (secondary N) is 1. The van der Waals surface area contributed by atoms with Crippen LogP contribution in [-0.4, -0.2) is 44.8 Å². The summed E-state index contributed by atoms with van der Waals surface area (Å²) in [6.45, 7) is 1.36. The van der Waals surface area contributed by atoms with E-state index in [4.69, 9.17) is 5.10 Å². The molecule has 1 N–H and O–H groups in total. The SMILES string of the molecule is O=C(NCC1CCCCN1c1ccc2nnc(-c3ccccc3F)n2n1)c1ccccc1. The van der Waals surface area contributed by atoms with Crippen molar-refractivity contribution in [3.05, 3.63) is 78.1 Å². The quantitative estimate of drug-likeness (QED) is 0.522. The Morgan fingerprint density at radius 3 is 2.66 bits per heavy atom. The third-order valence-electron chi connectivity index (χ3n) is 5.82. The van der Waals surface area contributed by atoms with Crippen LogP contribution in [0.15, 0.2) is 66.7 Å². The summed E-state index contributed by atoms with van der Waals surface area (Å²) in [7, 11) is 0. The van der Waals surface area contributed by atoms with Crippen molar-refractivity contribution in [2.75, 3.05) is 18.0 Å². The molecule has 1 atom stereocenters. The van der Waals surface area contributed by atoms with Gasteiger partial charge in [0.15, 0.2) is 11.5 Å². The van der Waals surface area contributed by atoms with Gasteiger partial charge in [0.1, 0.15) is 11.6 Å². The maximum Gasteiger partial charge on any atom is 0.251 e. The molecule has 1 fully saturated rings. The van der Waals surface area contributed by atoms with E-state index in [0.717, 1.165) is 31.6 Å². The number of amides is 1. The lowest BCUT2D eigenvalue weighted by Gasteiger charge is -2.36. The molecule has 2 aromatic heterocycles. The Bertz CT molecular complexity index is 1240. The summed E-state index contributed by atoms with van der Waals surface area (Å²) >= 11 is 0. The zero-order chi connectivity index (χ0) is 21.9. The van der Waals surface area contributed by atoms with Crippen LogP contribution in [-0.2, 0) is 0 Å². The number of hydrogen-bond acceptors (Lipinski definition) is 5. The highest BCUT2D eigenvalue weighted by Crippen LogP contribution is 2.25. The lowest BCUT2D eigenvalue weighted by atomic mass is 10.0. The van der Waals surface area contributed by atoms with E-state index < -0.39 is 0 Å². The highest BCUT2D eigenvalue weighted by Gasteiger charge is 2.25. The zero-order valence-electron chi connectivity index (χ0n) is 17.5. The van der Waals surface area contributed by atoms with E-state index in [1.807, 2.05) is 30.3 Å². The van der Waals surface area contributed by atoms with Gasteiger partial charge in [-0.05, 0) is 55.7 Å². The van der Waals surface area contributed by atoms with Crippen LogP contribution in [0.4, 0.5) is 10.2 Å². The molecule has 1 unspecified atom stereocenters. The molecule has 1 saturated heterocycles. The molecule has 7 nitrogen and oxygen atoms in total. The van der Waals surface area contributed by atoms with Crippen LogP contribution in [0.5, 0.6) is 0 Å². The van der Waals surface area contributed by atoms with Gasteiger partial charge in [0.2, 0.25) is 0 Å². The minimum atomic E-state index is -0.367. The van der Waals surface area contributed by atoms with Crippen LogP contribution in [0.3, 0.4) is 0 Å². The van der Waals surface area contributed by atoms with Crippen LogP contribution < -0.4 is 10.2 Å². The van der Waals surface area contributed by atoms with Crippen molar-refractivity contribution in [1.29, 1.82) is 0 Å². The van der Waals surface area contributed by atoms with Crippen molar-refractivity contribution in [2.24, 2.45) is 0 Å². The first-order valence-electron chi connectivity index (χ1n) is 10.8. The smallest absolute Gasteiger partial charge is 0.251 e. The number of halogens is 1. The number of rotatable bonds is 5. The largest absolute Gasteiger partial charge is 0.350 e. The number of anilines is 1. The first-order chi connectivity index (χ1) is 15.7. The molecule has 162 valence electrons. The Labute approximate surface area is 184 Å². The molecule has 2 aromatic carbocycles. The average molecular weight is 430 g/mol. The topological polar surface area (TPSA) is 75.4 Å². The van der Waals surface area contributed by atoms with Crippen molar-refractivity contribution in [2.45, 2.75) is 25.3 Å². The van der Waals surface area contributed by atoms with Crippen LogP contribution in [0.1, 0.15) is 29.6 Å². The van der Waals surface area contributed by atoms with Crippen LogP contribution >= 0.6 is 0 Å². The Hall–Kier alpha value is -3.81. The summed E-state index contributed by atoms with van der Waals surface area (Å²) in [5.41, 5.74) is 1.56. The first-order valence-corrected chi connectivity index (χ1v) is 10.8. The number of nitrogens with zero attached hydrogens (tertiary/aromatic N) is 5. The third kappa shape index (κ3) is 3.91. The number of benzene rings is 2. The Morgan fingerprint density at radius 2 is 1.81 bits per heavy atom. The second-order valence-electron chi connectivity index (χ2n) is 7.88. The van der Waals surface area contributed by atoms with Crippen molar-refractivity contribution in [3.63, 3.8) is 0 Å². The second kappa shape index (κ2) is 8.74. The van der Waals surface area contributed by atoms with Gasteiger partial charge in [0.05, 0.1) is 5.56 Å². The summed E-state index contributed by atoms with van der Waals surface area (Å²) in [6.07, 6.45) is 3.10. The van der Waals surface area contributed by atoms with E-state index in [1.54, 1.807) is 34.8 Å². The lowest BCUT2D eigenvalue weighted by molar-refractivity contribution is 0.0949. The molecule has 1 amide bonds. The summed E-state index contributed by atoms with van der Waals surface area (Å²) in [4.78, 5) is 14.7. The van der Waals surface area contributed by atoms with Gasteiger partial charge in [-0.25, -0.2) is 4.39 Å². The third-order valence-corrected chi connectivity index (χ3v) is 5.82. The van der Waals surface area contributed by atoms with E-state index >= 15 is 0 Å². The minimum absolute atomic E-state index is 0.0832. The fraction of sp³-hybridized carbons (Fsp3) is 0.250. The maximum atomic E-state index is 14.4. The molecular weight excluding hydrogens is 407 g/mol. The highest BCUT2D eigenvalue weighted by molar-refractivity contribution is 5.94. The average Bonchev–Trinajstić information content (AvgIpc) is 3.26. The monoisotopic (exact) mass is 430 g/mol. The number of carbonyl (C=O) groups excluding carboxylic acids is 1. The van der Waals surface area contributed by atoms with Gasteiger partial charge in [-0.15, -0.1) is 15.3 Å². The van der Waals surface area contributed by atoms with E-state index in [9.17, 15) is 9.18 Å². The molecule has 3 heterocycles. The molecule has 0 aliphatic carbocycles. The summed E-state index contributed by atoms with van der Waals surface area (Å²) < 4.78 is 15.9. The van der Waals surface area contributed by atoms with Crippen molar-refractivity contribution in [1.82, 2.24) is 25.1 Å². The number of hydrogen-bond donors (Lipinski definition) is 1. The first kappa shape index (κ1) is 20.1. The Kier molecular flexibility index (Phi) is 5.49. The van der Waals surface area contributed by atoms with E-state index in [-0.39, 0.29) is 17.8 Å². The molecule has 0 radical (unpaired) electrons. The van der Waals surface area contributed by atoms with Crippen LogP contribution in [0, 0.1) is 5.82 Å². The van der Waals surface area contributed by atoms with Gasteiger partial charge < -0.3 is 10.2 Å². The Balaban J connectivity index is 1.41. The molecule has 0 bridgehead atoms. The molecule has 1 aliphatic rings. The van der Waals surface area contributed by atoms with E-state index in [0.29, 0.717) is 29.1 Å². The van der Waals surface area contributed by atoms with Gasteiger partial charge in [0.25, 0.3) is 5.91 Å². The lowest BCUT2D eigenvalue weighted by Crippen LogP contribution is -2.47. The number of carbonyl (C=O) groups is 1. The molecule has 0 spiro atoms. The predicted octanol–water partition coefficient (Wildman–Crippen LogP) is 3.72. The summed E-state index contributed by atoms with van der Waals surface area (Å²) in [6, 6.07) is 19.6. The Morgan fingerprint density at radius 1 is 1.00 bits per heavy atom. The van der Waals surface area contributed by atoms with E-state index in [1.165, 1.54) is 6.07 Å². The molecule has 4 aromatic rings. The molecule has 5 rings (SSSR count). The van der Waals surface area contributed by atoms with Gasteiger partial charge in [-0.1, -0.05) is 30.3 Å². The number of piperidine rings is 1. The zero-order valence-corrected chi connectivity index (χ0v) is 17.5. The molecule has 0 saturated carbocycles. The number of fused-ring (bicyclic) bond motifs is 1. The van der Waals surface area contributed by atoms with Gasteiger partial charge in [-0.3, -0.25) is 4.79 Å². The van der Waals surface area contributed by atoms with Crippen LogP contribution in [0.25, 0.3) is 17.0 Å². The molecule has 1 aliphatic heterocycles. The van der Waals surface area contributed by atoms with Gasteiger partial charge in [-0.2, -0.15) is 4.52 Å². The molecule has 8 heteroatoms. The fourth-order valence-electron chi connectivity index (χ4n) is 4.16. The highest BCUT2D eigenvalue weighted by atomic mass is 19.1. The van der Waals surface area contributed by atoms with Crippen molar-refractivity contribution in [3.8, 4) is 11.4 Å².